The van der Waals surface area contributed by atoms with Crippen molar-refractivity contribution in [2.24, 2.45) is 0 Å². The van der Waals surface area contributed by atoms with Gasteiger partial charge in [0.2, 0.25) is 5.91 Å². The van der Waals surface area contributed by atoms with E-state index in [2.05, 4.69) is 40.8 Å². The van der Waals surface area contributed by atoms with Gasteiger partial charge in [0.25, 0.3) is 0 Å². The van der Waals surface area contributed by atoms with Crippen molar-refractivity contribution in [3.05, 3.63) is 137 Å². The Bertz CT molecular complexity index is 3040. The van der Waals surface area contributed by atoms with Gasteiger partial charge in [-0.15, -0.1) is 45.8 Å². The van der Waals surface area contributed by atoms with E-state index in [1.807, 2.05) is 64.1 Å². The maximum Gasteiger partial charge on any atom is 1.00 e. The predicted molar refractivity (Wildman–Crippen MR) is 230 cm³/mol. The summed E-state index contributed by atoms with van der Waals surface area (Å²) in [5, 5.41) is 16.3. The third-order valence-corrected chi connectivity index (χ3v) is 13.3. The maximum atomic E-state index is 13.3. The number of nitrogens with zero attached hydrogens (tertiary/aromatic N) is 2. The number of carboxylic acid groups (broad SMARTS) is 1. The van der Waals surface area contributed by atoms with E-state index in [-0.39, 0.29) is 152 Å². The number of carbonyl (C=O) groups excluding carboxylic acids is 2. The molecule has 2 heterocycles. The van der Waals surface area contributed by atoms with Crippen LogP contribution in [0.15, 0.2) is 118 Å². The van der Waals surface area contributed by atoms with E-state index in [1.54, 1.807) is 18.2 Å². The van der Waals surface area contributed by atoms with Crippen molar-refractivity contribution in [3.8, 4) is 0 Å². The van der Waals surface area contributed by atoms with E-state index in [4.69, 9.17) is 0 Å². The normalized spacial score (nSPS) is 15.8. The first-order chi connectivity index (χ1) is 28.7. The van der Waals surface area contributed by atoms with Gasteiger partial charge >= 0.3 is 118 Å². The van der Waals surface area contributed by atoms with Gasteiger partial charge in [-0.1, -0.05) is 58.0 Å². The van der Waals surface area contributed by atoms with Crippen molar-refractivity contribution in [1.29, 1.82) is 0 Å². The minimum absolute atomic E-state index is 0. The number of hydrogen-bond acceptors (Lipinski definition) is 10. The summed E-state index contributed by atoms with van der Waals surface area (Å²) in [5.41, 5.74) is 4.91. The third-order valence-electron chi connectivity index (χ3n) is 11.6. The van der Waals surface area contributed by atoms with Crippen LogP contribution in [0.4, 0.5) is 17.1 Å². The van der Waals surface area contributed by atoms with E-state index in [0.717, 1.165) is 33.9 Å². The summed E-state index contributed by atoms with van der Waals surface area (Å²) in [6.45, 7) is 13.2. The first-order valence-corrected chi connectivity index (χ1v) is 22.5. The molecule has 18 heteroatoms. The zero-order chi connectivity index (χ0) is 44.2. The minimum atomic E-state index is -4.84. The monoisotopic (exact) mass is 949 g/mol. The van der Waals surface area contributed by atoms with Crippen LogP contribution in [0.25, 0.3) is 21.5 Å². The fourth-order valence-electron chi connectivity index (χ4n) is 8.78. The van der Waals surface area contributed by atoms with Gasteiger partial charge < -0.3 is 29.2 Å². The molecule has 2 aliphatic rings. The van der Waals surface area contributed by atoms with Gasteiger partial charge in [0.05, 0.1) is 26.2 Å². The maximum absolute atomic E-state index is 13.3. The average molecular weight is 950 g/mol. The zero-order valence-corrected chi connectivity index (χ0v) is 48.1. The van der Waals surface area contributed by atoms with Crippen LogP contribution in [-0.2, 0) is 35.9 Å². The number of nitrogens with one attached hydrogen (secondary N) is 1. The molecule has 5 aromatic rings. The average Bonchev–Trinajstić information content (AvgIpc) is 3.57. The first kappa shape index (κ1) is 57.4. The van der Waals surface area contributed by atoms with E-state index in [0.29, 0.717) is 45.9 Å². The molecule has 0 fully saturated rings. The van der Waals surface area contributed by atoms with Crippen molar-refractivity contribution in [2.75, 3.05) is 23.3 Å². The Morgan fingerprint density at radius 1 is 0.815 bits per heavy atom. The molecule has 0 saturated carbocycles. The van der Waals surface area contributed by atoms with Gasteiger partial charge in [0.15, 0.2) is 11.4 Å². The second kappa shape index (κ2) is 22.2. The molecular weight excluding hydrogens is 907 g/mol. The molecular formula is C47H43N3Na4O9S2. The Morgan fingerprint density at radius 3 is 2.08 bits per heavy atom. The summed E-state index contributed by atoms with van der Waals surface area (Å²) < 4.78 is 75.3. The topological polar surface area (TPSA) is 190 Å². The Kier molecular flexibility index (Phi) is 19.6. The second-order valence-corrected chi connectivity index (χ2v) is 18.8. The number of likely N-dealkylation sites (N-methyl/N-ethyl adjacent to an activating group) is 1. The quantitative estimate of drug-likeness (QED) is 0.0417. The number of anilines is 2. The van der Waals surface area contributed by atoms with Crippen LogP contribution >= 0.6 is 0 Å². The van der Waals surface area contributed by atoms with Crippen LogP contribution in [0.5, 0.6) is 0 Å². The number of amides is 1. The molecule has 0 aromatic heterocycles. The molecule has 65 heavy (non-hydrogen) atoms. The summed E-state index contributed by atoms with van der Waals surface area (Å²) in [4.78, 5) is 26.0. The molecule has 0 radical (unpaired) electrons. The second-order valence-electron chi connectivity index (χ2n) is 16.1. The van der Waals surface area contributed by atoms with E-state index in [1.165, 1.54) is 42.5 Å². The molecule has 0 bridgehead atoms. The molecule has 1 amide bonds. The smallest absolute Gasteiger partial charge is 0.754 e. The number of carboxylic acids is 1. The molecule has 1 N–H and O–H groups in total. The molecule has 316 valence electrons. The van der Waals surface area contributed by atoms with Gasteiger partial charge in [-0.25, -0.2) is 13.0 Å². The van der Waals surface area contributed by atoms with Crippen molar-refractivity contribution < 1.29 is 163 Å². The van der Waals surface area contributed by atoms with Gasteiger partial charge in [-0.2, -0.15) is 18.2 Å². The summed E-state index contributed by atoms with van der Waals surface area (Å²) in [5.74, 6) is -1.63. The number of aromatic carboxylic acids is 1. The number of fused-ring (bicyclic) bond motifs is 6. The SMILES string of the molecule is CCN1/C(=C/C=C(/C=C/C2=[N+](CC)c3ccc4cc(S(=O)(=O)[O-])c[c-]c4c3C2(C)C)CCC(=O)Nc2ccc(C(=O)[O-])cc2)C(C)(C)c2c1ccc1c[c-]cc(S(=O)(=O)[O-])c21.[Na+].[Na+].[Na+].[Na+]. The molecule has 0 spiro atoms. The molecule has 0 unspecified atom stereocenters. The van der Waals surface area contributed by atoms with Crippen LogP contribution in [0.1, 0.15) is 75.9 Å². The van der Waals surface area contributed by atoms with Crippen LogP contribution < -0.4 is 134 Å². The van der Waals surface area contributed by atoms with Crippen molar-refractivity contribution in [1.82, 2.24) is 0 Å². The van der Waals surface area contributed by atoms with Crippen LogP contribution in [0.2, 0.25) is 0 Å². The number of benzene rings is 5. The van der Waals surface area contributed by atoms with Crippen LogP contribution in [0, 0.1) is 12.1 Å². The standard InChI is InChI=1S/C47H46N3O9S2.4Na/c1-7-49-36-24-18-32-28-34(60(54,55)56)21-22-35(32)43(36)46(3,4)39(49)25-12-29(14-27-41(51)48-33-19-15-31(16-20-33)45(52)53)13-26-40-47(5,6)44-37(50(40)8-2)23-17-30-10-9-11-38(42(30)44)61(57,58)59;;;;/h10-13,15-21,23-26,28H,7-8,14,27H2,1-6H3,(H,48,51)(H,52,53)(H,54,55,56)(H,57,58,59);;;;/q-1;4*+1/p-3. The molecule has 5 aromatic carbocycles. The fourth-order valence-corrected chi connectivity index (χ4v) is 9.94. The summed E-state index contributed by atoms with van der Waals surface area (Å²) in [6.07, 6.45) is 8.22. The van der Waals surface area contributed by atoms with Crippen molar-refractivity contribution in [2.45, 2.75) is 75.0 Å². The number of allylic oxidation sites excluding steroid dienone is 6. The van der Waals surface area contributed by atoms with Crippen molar-refractivity contribution >= 4 is 76.4 Å². The summed E-state index contributed by atoms with van der Waals surface area (Å²) in [6, 6.07) is 24.4. The molecule has 12 nitrogen and oxygen atoms in total. The fraction of sp³-hybridized carbons (Fsp3) is 0.255. The van der Waals surface area contributed by atoms with Crippen LogP contribution in [0.3, 0.4) is 0 Å². The van der Waals surface area contributed by atoms with Crippen LogP contribution in [-0.4, -0.2) is 61.2 Å². The van der Waals surface area contributed by atoms with Gasteiger partial charge in [0, 0.05) is 46.9 Å². The molecule has 7 rings (SSSR count). The third kappa shape index (κ3) is 11.4. The van der Waals surface area contributed by atoms with E-state index in [9.17, 15) is 40.6 Å². The molecule has 0 saturated heterocycles. The van der Waals surface area contributed by atoms with E-state index < -0.39 is 37.0 Å². The number of carbonyl (C=O) groups is 2. The Labute approximate surface area is 469 Å². The van der Waals surface area contributed by atoms with E-state index >= 15 is 0 Å². The van der Waals surface area contributed by atoms with Gasteiger partial charge in [-0.3, -0.25) is 13.2 Å². The molecule has 0 atom stereocenters. The first-order valence-electron chi connectivity index (χ1n) is 19.7. The van der Waals surface area contributed by atoms with Gasteiger partial charge in [-0.05, 0) is 82.7 Å². The Hall–Kier alpha value is -1.93. The number of rotatable bonds is 12. The van der Waals surface area contributed by atoms with Gasteiger partial charge in [0.1, 0.15) is 6.54 Å². The molecule has 0 aliphatic carbocycles. The largest absolute Gasteiger partial charge is 1.00 e. The van der Waals surface area contributed by atoms with Crippen molar-refractivity contribution in [3.63, 3.8) is 0 Å². The number of hydrogen-bond donors (Lipinski definition) is 1. The summed E-state index contributed by atoms with van der Waals surface area (Å²) in [7, 11) is -9.52. The summed E-state index contributed by atoms with van der Waals surface area (Å²) >= 11 is 0. The minimum Gasteiger partial charge on any atom is -0.754 e. The Balaban J connectivity index is 0.00000281. The predicted octanol–water partition coefficient (Wildman–Crippen LogP) is -5.22. The Morgan fingerprint density at radius 2 is 1.48 bits per heavy atom. The zero-order valence-electron chi connectivity index (χ0n) is 38.5. The molecule has 2 aliphatic heterocycles.